The summed E-state index contributed by atoms with van der Waals surface area (Å²) in [5.41, 5.74) is 0. The average Bonchev–Trinajstić information content (AvgIpc) is 0.811. The Morgan fingerprint density at radius 2 is 1.00 bits per heavy atom. The summed E-state index contributed by atoms with van der Waals surface area (Å²) in [6, 6.07) is 0. The normalized spacial score (nSPS) is 3.86. The third kappa shape index (κ3) is 39.7. The van der Waals surface area contributed by atoms with Crippen LogP contribution in [-0.2, 0) is 32.7 Å². The summed E-state index contributed by atoms with van der Waals surface area (Å²) >= 11 is 0. The van der Waals surface area contributed by atoms with Crippen molar-refractivity contribution in [1.82, 2.24) is 0 Å². The van der Waals surface area contributed by atoms with Crippen LogP contribution < -0.4 is 0 Å². The molecule has 3 N–H and O–H groups in total. The first-order valence-electron chi connectivity index (χ1n) is 0.775. The summed E-state index contributed by atoms with van der Waals surface area (Å²) in [5, 5.41) is 21.5. The van der Waals surface area contributed by atoms with E-state index < -0.39 is 7.32 Å². The third-order valence-corrected chi connectivity index (χ3v) is 0. The number of hydrogen-bond donors (Lipinski definition) is 3. The van der Waals surface area contributed by atoms with Crippen LogP contribution in [0.1, 0.15) is 0 Å². The molecule has 0 unspecified atom stereocenters. The van der Waals surface area contributed by atoms with E-state index in [0.29, 0.717) is 0 Å². The van der Waals surface area contributed by atoms with E-state index in [1.165, 1.54) is 0 Å². The molecule has 0 aromatic heterocycles. The van der Waals surface area contributed by atoms with Gasteiger partial charge in [0.15, 0.2) is 0 Å². The maximum absolute atomic E-state index is 7.17. The molecule has 0 aromatic carbocycles. The molecule has 45 valence electrons. The van der Waals surface area contributed by atoms with Crippen molar-refractivity contribution in [2.75, 3.05) is 0 Å². The van der Waals surface area contributed by atoms with Gasteiger partial charge in [-0.15, -0.1) is 0 Å². The zero-order chi connectivity index (χ0) is 3.58. The summed E-state index contributed by atoms with van der Waals surface area (Å²) in [7, 11) is -2.17. The van der Waals surface area contributed by atoms with Gasteiger partial charge in [0, 0.05) is 79.6 Å². The van der Waals surface area contributed by atoms with Crippen molar-refractivity contribution in [3.8, 4) is 0 Å². The molecule has 0 fully saturated rings. The molecule has 3 nitrogen and oxygen atoms in total. The van der Waals surface area contributed by atoms with Crippen molar-refractivity contribution in [3.05, 3.63) is 0 Å². The quantitative estimate of drug-likeness (QED) is 0.372. The Morgan fingerprint density at radius 3 is 1.00 bits per heavy atom. The van der Waals surface area contributed by atoms with Gasteiger partial charge < -0.3 is 15.1 Å². The summed E-state index contributed by atoms with van der Waals surface area (Å²) in [4.78, 5) is 0. The van der Waals surface area contributed by atoms with Crippen LogP contribution in [-0.4, -0.2) is 67.9 Å². The molecule has 0 saturated heterocycles. The standard InChI is InChI=1S/BH3O3.Sr.Y.Yb.2H/c2-1(3)4;;;;;/h2-4H;;;;;. The zero-order valence-corrected chi connectivity index (χ0v) is 7.32. The Balaban J connectivity index is -0.0000000150. The van der Waals surface area contributed by atoms with Crippen molar-refractivity contribution in [2.24, 2.45) is 0 Å². The Hall–Kier alpha value is 4.05. The molecule has 0 heterocycles. The smallest absolute Gasteiger partial charge is 0 e. The van der Waals surface area contributed by atoms with E-state index in [-0.39, 0.29) is 125 Å². The zero-order valence-electron chi connectivity index (χ0n) is 2.76. The topological polar surface area (TPSA) is 60.7 Å². The molecular weight excluding hydrogens is 408 g/mol. The van der Waals surface area contributed by atoms with Crippen molar-refractivity contribution in [1.29, 1.82) is 0 Å². The van der Waals surface area contributed by atoms with Crippen LogP contribution in [0.3, 0.4) is 0 Å². The first kappa shape index (κ1) is 22.5. The first-order chi connectivity index (χ1) is 1.73. The maximum atomic E-state index is 7.17. The van der Waals surface area contributed by atoms with Crippen molar-refractivity contribution in [2.45, 2.75) is 0 Å². The van der Waals surface area contributed by atoms with Crippen LogP contribution in [0.15, 0.2) is 0 Å². The van der Waals surface area contributed by atoms with E-state index in [4.69, 9.17) is 15.1 Å². The minimum atomic E-state index is -2.17. The summed E-state index contributed by atoms with van der Waals surface area (Å²) in [6.45, 7) is 0. The van der Waals surface area contributed by atoms with Gasteiger partial charge in [0.25, 0.3) is 0 Å². The molecule has 7 heavy (non-hydrogen) atoms. The van der Waals surface area contributed by atoms with E-state index in [1.54, 1.807) is 0 Å². The van der Waals surface area contributed by atoms with Gasteiger partial charge in [-0.05, 0) is 0 Å². The molecule has 0 amide bonds. The minimum absolute atomic E-state index is 0. The second-order valence-corrected chi connectivity index (χ2v) is 0.346. The molecule has 1 radical (unpaired) electrons. The SMILES string of the molecule is OB(O)O.[SrH2].[Y].[Yb]. The van der Waals surface area contributed by atoms with Gasteiger partial charge in [0.1, 0.15) is 0 Å². The van der Waals surface area contributed by atoms with Crippen molar-refractivity contribution in [3.63, 3.8) is 0 Å². The molecule has 0 rings (SSSR count). The summed E-state index contributed by atoms with van der Waals surface area (Å²) < 4.78 is 0. The molecule has 7 heteroatoms. The molecule has 0 aliphatic carbocycles. The first-order valence-corrected chi connectivity index (χ1v) is 0.775. The second kappa shape index (κ2) is 16.6. The monoisotopic (exact) mass is 415 g/mol. The minimum Gasteiger partial charge on any atom is 0 e. The van der Waals surface area contributed by atoms with Crippen LogP contribution >= 0.6 is 0 Å². The Bertz CT molecular complexity index is 19.7. The van der Waals surface area contributed by atoms with E-state index in [0.717, 1.165) is 0 Å². The molecule has 0 aliphatic rings. The van der Waals surface area contributed by atoms with E-state index >= 15 is 0 Å². The van der Waals surface area contributed by atoms with E-state index in [9.17, 15) is 0 Å². The van der Waals surface area contributed by atoms with Crippen LogP contribution in [0.2, 0.25) is 0 Å². The van der Waals surface area contributed by atoms with Gasteiger partial charge in [0.2, 0.25) is 0 Å². The van der Waals surface area contributed by atoms with Crippen LogP contribution in [0.4, 0.5) is 0 Å². The number of rotatable bonds is 0. The van der Waals surface area contributed by atoms with Gasteiger partial charge >= 0.3 is 52.8 Å². The molecular formula is H5BO3SrYYb. The molecule has 0 aromatic rings. The predicted molar refractivity (Wildman–Crippen MR) is 21.0 cm³/mol. The third-order valence-electron chi connectivity index (χ3n) is 0. The summed E-state index contributed by atoms with van der Waals surface area (Å²) in [6.07, 6.45) is 0. The fourth-order valence-corrected chi connectivity index (χ4v) is 0. The molecule has 0 atom stereocenters. The fourth-order valence-electron chi connectivity index (χ4n) is 0. The van der Waals surface area contributed by atoms with Gasteiger partial charge in [-0.2, -0.15) is 0 Å². The van der Waals surface area contributed by atoms with E-state index in [2.05, 4.69) is 0 Å². The molecule has 0 bridgehead atoms. The van der Waals surface area contributed by atoms with Gasteiger partial charge in [0.05, 0.1) is 0 Å². The Kier molecular flexibility index (Phi) is 53.1. The Labute approximate surface area is 143 Å². The van der Waals surface area contributed by atoms with Gasteiger partial charge in [-0.25, -0.2) is 0 Å². The molecule has 0 spiro atoms. The fraction of sp³-hybridized carbons (Fsp3) is 0. The molecule has 0 aliphatic heterocycles. The summed E-state index contributed by atoms with van der Waals surface area (Å²) in [5.74, 6) is 0. The van der Waals surface area contributed by atoms with Crippen LogP contribution in [0.25, 0.3) is 0 Å². The number of hydrogen-bond acceptors (Lipinski definition) is 3. The largest absolute Gasteiger partial charge is 0 e. The van der Waals surface area contributed by atoms with Gasteiger partial charge in [-0.1, -0.05) is 0 Å². The van der Waals surface area contributed by atoms with Gasteiger partial charge in [-0.3, -0.25) is 0 Å². The van der Waals surface area contributed by atoms with Crippen molar-refractivity contribution < 1.29 is 94.7 Å². The molecule has 0 saturated carbocycles. The van der Waals surface area contributed by atoms with Crippen LogP contribution in [0.5, 0.6) is 0 Å². The Morgan fingerprint density at radius 1 is 1.00 bits per heavy atom. The average molecular weight is 413 g/mol. The predicted octanol–water partition coefficient (Wildman–Crippen LogP) is -2.97. The second-order valence-electron chi connectivity index (χ2n) is 0.346. The van der Waals surface area contributed by atoms with Crippen molar-refractivity contribution >= 4 is 52.8 Å². The maximum Gasteiger partial charge on any atom is 0 e. The van der Waals surface area contributed by atoms with E-state index in [1.807, 2.05) is 0 Å². The van der Waals surface area contributed by atoms with Crippen LogP contribution in [0, 0.1) is 46.9 Å².